The molecule has 0 unspecified atom stereocenters. The van der Waals surface area contributed by atoms with Crippen LogP contribution in [-0.2, 0) is 11.3 Å². The summed E-state index contributed by atoms with van der Waals surface area (Å²) in [6.07, 6.45) is 1.57. The Morgan fingerprint density at radius 2 is 1.88 bits per heavy atom. The molecule has 0 atom stereocenters. The predicted octanol–water partition coefficient (Wildman–Crippen LogP) is 4.00. The summed E-state index contributed by atoms with van der Waals surface area (Å²) in [5.74, 6) is 0.164. The number of halogens is 1. The molecule has 0 saturated heterocycles. The fourth-order valence-electron chi connectivity index (χ4n) is 2.78. The van der Waals surface area contributed by atoms with E-state index >= 15 is 0 Å². The fraction of sp³-hybridized carbons (Fsp3) is 0.200. The molecule has 2 aromatic carbocycles. The molecule has 134 valence electrons. The van der Waals surface area contributed by atoms with Gasteiger partial charge < -0.3 is 14.0 Å². The van der Waals surface area contributed by atoms with Crippen LogP contribution in [0.5, 0.6) is 5.75 Å². The molecule has 6 heteroatoms. The van der Waals surface area contributed by atoms with Crippen molar-refractivity contribution in [2.24, 2.45) is 0 Å². The van der Waals surface area contributed by atoms with Gasteiger partial charge in [0.2, 0.25) is 5.43 Å². The minimum atomic E-state index is -0.608. The van der Waals surface area contributed by atoms with Gasteiger partial charge in [0.1, 0.15) is 11.3 Å². The van der Waals surface area contributed by atoms with Gasteiger partial charge in [-0.15, -0.1) is 0 Å². The Morgan fingerprint density at radius 3 is 2.54 bits per heavy atom. The summed E-state index contributed by atoms with van der Waals surface area (Å²) < 4.78 is 12.9. The molecule has 0 amide bonds. The van der Waals surface area contributed by atoms with Gasteiger partial charge in [-0.25, -0.2) is 4.79 Å². The summed E-state index contributed by atoms with van der Waals surface area (Å²) in [6.45, 7) is 2.44. The zero-order valence-corrected chi connectivity index (χ0v) is 16.1. The Balaban J connectivity index is 2.14. The highest BCUT2D eigenvalue weighted by Crippen LogP contribution is 2.20. The van der Waals surface area contributed by atoms with Crippen molar-refractivity contribution in [2.45, 2.75) is 13.5 Å². The lowest BCUT2D eigenvalue weighted by atomic mass is 10.1. The third-order valence-corrected chi connectivity index (χ3v) is 4.54. The molecule has 26 heavy (non-hydrogen) atoms. The average molecular weight is 416 g/mol. The number of carbonyl (C=O) groups excluding carboxylic acids is 1. The molecule has 3 aromatic rings. The van der Waals surface area contributed by atoms with Crippen molar-refractivity contribution >= 4 is 32.8 Å². The van der Waals surface area contributed by atoms with Crippen molar-refractivity contribution in [3.05, 3.63) is 74.5 Å². The third kappa shape index (κ3) is 3.65. The van der Waals surface area contributed by atoms with E-state index in [0.717, 1.165) is 21.3 Å². The SMILES string of the molecule is CCOC(=O)c1cn(Cc2ccc(OC)cc2)c2ccc(Br)cc2c1=O. The minimum absolute atomic E-state index is 0.0333. The summed E-state index contributed by atoms with van der Waals surface area (Å²) in [5.41, 5.74) is 1.48. The number of hydrogen-bond donors (Lipinski definition) is 0. The highest BCUT2D eigenvalue weighted by Gasteiger charge is 2.17. The van der Waals surface area contributed by atoms with Crippen LogP contribution < -0.4 is 10.2 Å². The van der Waals surface area contributed by atoms with E-state index in [1.54, 1.807) is 26.3 Å². The zero-order valence-electron chi connectivity index (χ0n) is 14.5. The van der Waals surface area contributed by atoms with E-state index in [-0.39, 0.29) is 17.6 Å². The third-order valence-electron chi connectivity index (χ3n) is 4.05. The monoisotopic (exact) mass is 415 g/mol. The van der Waals surface area contributed by atoms with Crippen LogP contribution in [0.25, 0.3) is 10.9 Å². The second-order valence-corrected chi connectivity index (χ2v) is 6.65. The number of benzene rings is 2. The maximum atomic E-state index is 12.7. The topological polar surface area (TPSA) is 57.5 Å². The molecular weight excluding hydrogens is 398 g/mol. The Hall–Kier alpha value is -2.60. The molecule has 0 radical (unpaired) electrons. The van der Waals surface area contributed by atoms with Gasteiger partial charge in [-0.3, -0.25) is 4.79 Å². The van der Waals surface area contributed by atoms with Crippen molar-refractivity contribution in [1.29, 1.82) is 0 Å². The van der Waals surface area contributed by atoms with Gasteiger partial charge in [0.25, 0.3) is 0 Å². The smallest absolute Gasteiger partial charge is 0.343 e. The number of methoxy groups -OCH3 is 1. The number of carbonyl (C=O) groups is 1. The molecule has 3 rings (SSSR count). The normalized spacial score (nSPS) is 10.7. The Kier molecular flexibility index (Phi) is 5.42. The summed E-state index contributed by atoms with van der Waals surface area (Å²) in [5, 5.41) is 0.471. The Morgan fingerprint density at radius 1 is 1.15 bits per heavy atom. The Labute approximate surface area is 159 Å². The molecule has 1 heterocycles. The van der Waals surface area contributed by atoms with Crippen molar-refractivity contribution in [1.82, 2.24) is 4.57 Å². The maximum Gasteiger partial charge on any atom is 0.343 e. The van der Waals surface area contributed by atoms with E-state index in [1.165, 1.54) is 0 Å². The van der Waals surface area contributed by atoms with E-state index < -0.39 is 5.97 Å². The lowest BCUT2D eigenvalue weighted by Crippen LogP contribution is -2.21. The highest BCUT2D eigenvalue weighted by atomic mass is 79.9. The first-order valence-electron chi connectivity index (χ1n) is 8.16. The number of ether oxygens (including phenoxy) is 2. The summed E-state index contributed by atoms with van der Waals surface area (Å²) in [4.78, 5) is 25.0. The van der Waals surface area contributed by atoms with Crippen molar-refractivity contribution < 1.29 is 14.3 Å². The number of aromatic nitrogens is 1. The van der Waals surface area contributed by atoms with Crippen LogP contribution >= 0.6 is 15.9 Å². The van der Waals surface area contributed by atoms with Crippen molar-refractivity contribution in [3.8, 4) is 5.75 Å². The van der Waals surface area contributed by atoms with Crippen LogP contribution in [0.2, 0.25) is 0 Å². The standard InChI is InChI=1S/C20H18BrNO4/c1-3-26-20(24)17-12-22(11-13-4-7-15(25-2)8-5-13)18-9-6-14(21)10-16(18)19(17)23/h4-10,12H,3,11H2,1-2H3. The number of fused-ring (bicyclic) bond motifs is 1. The van der Waals surface area contributed by atoms with Crippen LogP contribution in [0.3, 0.4) is 0 Å². The second kappa shape index (κ2) is 7.74. The first-order valence-corrected chi connectivity index (χ1v) is 8.95. The minimum Gasteiger partial charge on any atom is -0.497 e. The van der Waals surface area contributed by atoms with E-state index in [9.17, 15) is 9.59 Å². The number of pyridine rings is 1. The van der Waals surface area contributed by atoms with Gasteiger partial charge in [0.05, 0.1) is 19.2 Å². The zero-order chi connectivity index (χ0) is 18.7. The number of rotatable bonds is 5. The predicted molar refractivity (Wildman–Crippen MR) is 104 cm³/mol. The van der Waals surface area contributed by atoms with E-state index in [2.05, 4.69) is 15.9 Å². The second-order valence-electron chi connectivity index (χ2n) is 5.73. The molecule has 1 aromatic heterocycles. The van der Waals surface area contributed by atoms with E-state index in [0.29, 0.717) is 11.9 Å². The quantitative estimate of drug-likeness (QED) is 0.590. The molecule has 0 aliphatic carbocycles. The van der Waals surface area contributed by atoms with E-state index in [1.807, 2.05) is 41.0 Å². The van der Waals surface area contributed by atoms with E-state index in [4.69, 9.17) is 9.47 Å². The highest BCUT2D eigenvalue weighted by molar-refractivity contribution is 9.10. The molecular formula is C20H18BrNO4. The van der Waals surface area contributed by atoms with Gasteiger partial charge in [-0.05, 0) is 42.8 Å². The van der Waals surface area contributed by atoms with Crippen LogP contribution in [0.15, 0.2) is 57.9 Å². The number of hydrogen-bond acceptors (Lipinski definition) is 4. The first kappa shape index (κ1) is 18.2. The molecule has 0 bridgehead atoms. The molecule has 0 aliphatic heterocycles. The molecule has 0 spiro atoms. The largest absolute Gasteiger partial charge is 0.497 e. The van der Waals surface area contributed by atoms with Gasteiger partial charge >= 0.3 is 5.97 Å². The molecule has 5 nitrogen and oxygen atoms in total. The molecule has 0 saturated carbocycles. The summed E-state index contributed by atoms with van der Waals surface area (Å²) >= 11 is 3.39. The number of esters is 1. The van der Waals surface area contributed by atoms with Gasteiger partial charge in [0.15, 0.2) is 0 Å². The maximum absolute atomic E-state index is 12.7. The fourth-order valence-corrected chi connectivity index (χ4v) is 3.14. The average Bonchev–Trinajstić information content (AvgIpc) is 2.64. The molecule has 0 fully saturated rings. The Bertz CT molecular complexity index is 1010. The lowest BCUT2D eigenvalue weighted by Gasteiger charge is -2.14. The van der Waals surface area contributed by atoms with Crippen molar-refractivity contribution in [2.75, 3.05) is 13.7 Å². The summed E-state index contributed by atoms with van der Waals surface area (Å²) in [7, 11) is 1.62. The molecule has 0 N–H and O–H groups in total. The lowest BCUT2D eigenvalue weighted by molar-refractivity contribution is 0.0524. The van der Waals surface area contributed by atoms with Crippen molar-refractivity contribution in [3.63, 3.8) is 0 Å². The molecule has 0 aliphatic rings. The van der Waals surface area contributed by atoms with Crippen LogP contribution in [-0.4, -0.2) is 24.3 Å². The number of nitrogens with zero attached hydrogens (tertiary/aromatic N) is 1. The van der Waals surface area contributed by atoms with Gasteiger partial charge in [-0.1, -0.05) is 28.1 Å². The van der Waals surface area contributed by atoms with Crippen LogP contribution in [0.1, 0.15) is 22.8 Å². The van der Waals surface area contributed by atoms with Crippen LogP contribution in [0.4, 0.5) is 0 Å². The van der Waals surface area contributed by atoms with Gasteiger partial charge in [0, 0.05) is 22.6 Å². The summed E-state index contributed by atoms with van der Waals surface area (Å²) in [6, 6.07) is 13.1. The first-order chi connectivity index (χ1) is 12.5. The van der Waals surface area contributed by atoms with Crippen LogP contribution in [0, 0.1) is 0 Å². The van der Waals surface area contributed by atoms with Gasteiger partial charge in [-0.2, -0.15) is 0 Å².